The molecule has 0 aromatic carbocycles. The topological polar surface area (TPSA) is 12.0 Å². The lowest BCUT2D eigenvalue weighted by Crippen LogP contribution is -2.07. The van der Waals surface area contributed by atoms with E-state index in [-0.39, 0.29) is 0 Å². The van der Waals surface area contributed by atoms with E-state index in [9.17, 15) is 0 Å². The Balaban J connectivity index is 3.45. The van der Waals surface area contributed by atoms with Crippen molar-refractivity contribution in [3.63, 3.8) is 0 Å². The average molecular weight is 125 g/mol. The quantitative estimate of drug-likeness (QED) is 0.564. The molecule has 0 aromatic heterocycles. The Morgan fingerprint density at radius 2 is 2.33 bits per heavy atom. The van der Waals surface area contributed by atoms with Crippen LogP contribution >= 0.6 is 0 Å². The van der Waals surface area contributed by atoms with Crippen molar-refractivity contribution in [3.05, 3.63) is 17.9 Å². The molecule has 0 unspecified atom stereocenters. The van der Waals surface area contributed by atoms with Gasteiger partial charge < -0.3 is 5.32 Å². The van der Waals surface area contributed by atoms with E-state index in [1.165, 1.54) is 5.57 Å². The fourth-order valence-electron chi connectivity index (χ4n) is 0.666. The van der Waals surface area contributed by atoms with Gasteiger partial charge >= 0.3 is 0 Å². The minimum absolute atomic E-state index is 1.03. The van der Waals surface area contributed by atoms with Gasteiger partial charge in [-0.05, 0) is 32.0 Å². The van der Waals surface area contributed by atoms with Gasteiger partial charge in [-0.15, -0.1) is 5.73 Å². The maximum absolute atomic E-state index is 3.59. The minimum atomic E-state index is 1.03. The summed E-state index contributed by atoms with van der Waals surface area (Å²) in [5, 5.41) is 3.08. The van der Waals surface area contributed by atoms with E-state index in [0.29, 0.717) is 0 Å². The molecule has 0 saturated heterocycles. The van der Waals surface area contributed by atoms with Crippen LogP contribution in [0.5, 0.6) is 0 Å². The van der Waals surface area contributed by atoms with Gasteiger partial charge in [0.2, 0.25) is 0 Å². The summed E-state index contributed by atoms with van der Waals surface area (Å²) in [7, 11) is 1.95. The van der Waals surface area contributed by atoms with Crippen molar-refractivity contribution < 1.29 is 0 Å². The Hall–Kier alpha value is -0.520. The predicted molar refractivity (Wildman–Crippen MR) is 41.5 cm³/mol. The van der Waals surface area contributed by atoms with Crippen molar-refractivity contribution in [2.75, 3.05) is 13.6 Å². The Morgan fingerprint density at radius 3 is 2.67 bits per heavy atom. The number of hydrogen-bond donors (Lipinski definition) is 1. The predicted octanol–water partition coefficient (Wildman–Crippen LogP) is 1.72. The van der Waals surface area contributed by atoms with Gasteiger partial charge in [0, 0.05) is 0 Å². The van der Waals surface area contributed by atoms with Crippen molar-refractivity contribution in [2.45, 2.75) is 19.8 Å². The summed E-state index contributed by atoms with van der Waals surface area (Å²) < 4.78 is 0. The second-order valence-electron chi connectivity index (χ2n) is 1.99. The van der Waals surface area contributed by atoms with Gasteiger partial charge in [0.25, 0.3) is 0 Å². The summed E-state index contributed by atoms with van der Waals surface area (Å²) >= 11 is 0. The van der Waals surface area contributed by atoms with Crippen LogP contribution in [-0.2, 0) is 0 Å². The smallest absolute Gasteiger partial charge is 0.000847 e. The molecule has 0 fully saturated rings. The van der Waals surface area contributed by atoms with Crippen LogP contribution in [0.25, 0.3) is 0 Å². The average Bonchev–Trinajstić information content (AvgIpc) is 1.91. The fraction of sp³-hybridized carbons (Fsp3) is 0.625. The maximum Gasteiger partial charge on any atom is -0.000847 e. The highest BCUT2D eigenvalue weighted by atomic mass is 14.8. The van der Waals surface area contributed by atoms with Crippen molar-refractivity contribution in [2.24, 2.45) is 0 Å². The molecule has 0 atom stereocenters. The Kier molecular flexibility index (Phi) is 5.29. The molecule has 1 nitrogen and oxygen atoms in total. The van der Waals surface area contributed by atoms with Crippen LogP contribution in [0.3, 0.4) is 0 Å². The molecular formula is C8H15N. The standard InChI is InChI=1S/C8H15N/c1-4-8(5-2)6-7-9-3/h9H,1,5-7H2,2-3H3. The highest BCUT2D eigenvalue weighted by molar-refractivity contribution is 4.97. The zero-order valence-corrected chi connectivity index (χ0v) is 6.33. The monoisotopic (exact) mass is 125 g/mol. The molecule has 0 bridgehead atoms. The fourth-order valence-corrected chi connectivity index (χ4v) is 0.666. The molecule has 0 aliphatic rings. The lowest BCUT2D eigenvalue weighted by Gasteiger charge is -1.98. The highest BCUT2D eigenvalue weighted by Gasteiger charge is 1.88. The van der Waals surface area contributed by atoms with Crippen LogP contribution in [0.15, 0.2) is 17.9 Å². The third-order valence-corrected chi connectivity index (χ3v) is 1.35. The summed E-state index contributed by atoms with van der Waals surface area (Å²) in [6, 6.07) is 0. The van der Waals surface area contributed by atoms with Crippen LogP contribution in [0.4, 0.5) is 0 Å². The number of rotatable bonds is 4. The van der Waals surface area contributed by atoms with E-state index in [1.807, 2.05) is 7.05 Å². The van der Waals surface area contributed by atoms with Crippen molar-refractivity contribution in [1.29, 1.82) is 0 Å². The molecule has 52 valence electrons. The normalized spacial score (nSPS) is 8.67. The molecule has 1 heteroatoms. The van der Waals surface area contributed by atoms with Crippen LogP contribution < -0.4 is 5.32 Å². The maximum atomic E-state index is 3.59. The first-order chi connectivity index (χ1) is 4.35. The molecule has 0 amide bonds. The van der Waals surface area contributed by atoms with Gasteiger partial charge in [0.05, 0.1) is 0 Å². The van der Waals surface area contributed by atoms with E-state index in [0.717, 1.165) is 19.4 Å². The molecule has 0 aromatic rings. The molecule has 0 radical (unpaired) electrons. The van der Waals surface area contributed by atoms with Gasteiger partial charge in [-0.25, -0.2) is 0 Å². The van der Waals surface area contributed by atoms with E-state index >= 15 is 0 Å². The summed E-state index contributed by atoms with van der Waals surface area (Å²) in [5.41, 5.74) is 4.22. The lowest BCUT2D eigenvalue weighted by molar-refractivity contribution is 0.769. The van der Waals surface area contributed by atoms with Crippen molar-refractivity contribution >= 4 is 0 Å². The van der Waals surface area contributed by atoms with E-state index < -0.39 is 0 Å². The first kappa shape index (κ1) is 8.48. The van der Waals surface area contributed by atoms with E-state index in [1.54, 1.807) is 0 Å². The summed E-state index contributed by atoms with van der Waals surface area (Å²) in [4.78, 5) is 0. The first-order valence-corrected chi connectivity index (χ1v) is 3.37. The van der Waals surface area contributed by atoms with E-state index in [2.05, 4.69) is 24.6 Å². The van der Waals surface area contributed by atoms with Crippen molar-refractivity contribution in [3.8, 4) is 0 Å². The Morgan fingerprint density at radius 1 is 1.67 bits per heavy atom. The second kappa shape index (κ2) is 5.61. The third-order valence-electron chi connectivity index (χ3n) is 1.35. The zero-order valence-electron chi connectivity index (χ0n) is 6.33. The molecule has 0 aliphatic heterocycles. The lowest BCUT2D eigenvalue weighted by atomic mass is 10.1. The molecule has 0 saturated carbocycles. The molecule has 9 heavy (non-hydrogen) atoms. The largest absolute Gasteiger partial charge is 0.319 e. The number of nitrogens with one attached hydrogen (secondary N) is 1. The minimum Gasteiger partial charge on any atom is -0.319 e. The molecular weight excluding hydrogens is 110 g/mol. The SMILES string of the molecule is C=C=C(CC)CCNC. The van der Waals surface area contributed by atoms with Gasteiger partial charge in [0.15, 0.2) is 0 Å². The van der Waals surface area contributed by atoms with Gasteiger partial charge in [-0.1, -0.05) is 13.5 Å². The highest BCUT2D eigenvalue weighted by Crippen LogP contribution is 2.01. The molecule has 0 rings (SSSR count). The Bertz CT molecular complexity index is 110. The van der Waals surface area contributed by atoms with Gasteiger partial charge in [-0.2, -0.15) is 0 Å². The van der Waals surface area contributed by atoms with Crippen molar-refractivity contribution in [1.82, 2.24) is 5.32 Å². The summed E-state index contributed by atoms with van der Waals surface area (Å²) in [6.45, 7) is 6.76. The summed E-state index contributed by atoms with van der Waals surface area (Å²) in [6.07, 6.45) is 2.15. The van der Waals surface area contributed by atoms with Gasteiger partial charge in [0.1, 0.15) is 0 Å². The molecule has 0 heterocycles. The zero-order chi connectivity index (χ0) is 7.11. The van der Waals surface area contributed by atoms with Crippen LogP contribution in [-0.4, -0.2) is 13.6 Å². The molecule has 1 N–H and O–H groups in total. The van der Waals surface area contributed by atoms with Crippen LogP contribution in [0.2, 0.25) is 0 Å². The Labute approximate surface area is 57.5 Å². The first-order valence-electron chi connectivity index (χ1n) is 3.37. The second-order valence-corrected chi connectivity index (χ2v) is 1.99. The molecule has 0 aliphatic carbocycles. The van der Waals surface area contributed by atoms with Crippen LogP contribution in [0, 0.1) is 0 Å². The van der Waals surface area contributed by atoms with Gasteiger partial charge in [-0.3, -0.25) is 0 Å². The number of hydrogen-bond acceptors (Lipinski definition) is 1. The summed E-state index contributed by atoms with van der Waals surface area (Å²) in [5.74, 6) is 0. The third kappa shape index (κ3) is 4.01. The van der Waals surface area contributed by atoms with Crippen LogP contribution in [0.1, 0.15) is 19.8 Å². The van der Waals surface area contributed by atoms with E-state index in [4.69, 9.17) is 0 Å². The molecule has 0 spiro atoms.